The number of rotatable bonds is 3. The van der Waals surface area contributed by atoms with Gasteiger partial charge in [-0.05, 0) is 25.0 Å². The number of carbonyl (C=O) groups is 2. The quantitative estimate of drug-likeness (QED) is 0.877. The molecule has 2 amide bonds. The Labute approximate surface area is 139 Å². The number of nitrogens with zero attached hydrogens (tertiary/aromatic N) is 1. The fourth-order valence-corrected chi connectivity index (χ4v) is 3.21. The highest BCUT2D eigenvalue weighted by Gasteiger charge is 2.43. The second-order valence-electron chi connectivity index (χ2n) is 6.43. The first-order chi connectivity index (χ1) is 11.4. The van der Waals surface area contributed by atoms with Crippen LogP contribution in [0.1, 0.15) is 29.6 Å². The number of nitrogens with one attached hydrogen (secondary N) is 2. The fourth-order valence-electron chi connectivity index (χ4n) is 3.21. The number of hydrogen-bond acceptors (Lipinski definition) is 3. The molecule has 0 radical (unpaired) electrons. The molecule has 0 spiro atoms. The number of carbonyl (C=O) groups excluding carboxylic acids is 2. The summed E-state index contributed by atoms with van der Waals surface area (Å²) < 4.78 is 26.4. The van der Waals surface area contributed by atoms with Crippen molar-refractivity contribution < 1.29 is 18.4 Å². The van der Waals surface area contributed by atoms with E-state index in [-0.39, 0.29) is 17.9 Å². The Morgan fingerprint density at radius 3 is 2.42 bits per heavy atom. The lowest BCUT2D eigenvalue weighted by molar-refractivity contribution is -0.134. The van der Waals surface area contributed by atoms with Crippen LogP contribution in [0.5, 0.6) is 0 Å². The van der Waals surface area contributed by atoms with Crippen molar-refractivity contribution in [2.24, 2.45) is 0 Å². The molecule has 7 heteroatoms. The number of likely N-dealkylation sites (tertiary alicyclic amines) is 1. The second kappa shape index (κ2) is 6.84. The fraction of sp³-hybridized carbons (Fsp3) is 0.529. The largest absolute Gasteiger partial charge is 0.349 e. The molecular weight excluding hydrogens is 316 g/mol. The predicted molar refractivity (Wildman–Crippen MR) is 84.9 cm³/mol. The maximum Gasteiger partial charge on any atom is 0.262 e. The van der Waals surface area contributed by atoms with Crippen LogP contribution < -0.4 is 10.6 Å². The number of halogens is 2. The minimum Gasteiger partial charge on any atom is -0.349 e. The van der Waals surface area contributed by atoms with E-state index in [4.69, 9.17) is 0 Å². The molecule has 3 rings (SSSR count). The van der Waals surface area contributed by atoms with Crippen LogP contribution in [0.3, 0.4) is 0 Å². The Hall–Kier alpha value is -2.02. The highest BCUT2D eigenvalue weighted by molar-refractivity contribution is 5.94. The van der Waals surface area contributed by atoms with Crippen molar-refractivity contribution in [3.63, 3.8) is 0 Å². The molecule has 1 unspecified atom stereocenters. The van der Waals surface area contributed by atoms with Gasteiger partial charge in [0.15, 0.2) is 0 Å². The average molecular weight is 337 g/mol. The number of piperidine rings is 1. The Balaban J connectivity index is 1.47. The van der Waals surface area contributed by atoms with Crippen molar-refractivity contribution >= 4 is 11.8 Å². The monoisotopic (exact) mass is 337 g/mol. The molecule has 0 aliphatic carbocycles. The Kier molecular flexibility index (Phi) is 4.80. The number of benzene rings is 1. The first kappa shape index (κ1) is 16.8. The lowest BCUT2D eigenvalue weighted by Gasteiger charge is -2.33. The highest BCUT2D eigenvalue weighted by Crippen LogP contribution is 2.26. The first-order valence-electron chi connectivity index (χ1n) is 8.20. The van der Waals surface area contributed by atoms with Crippen molar-refractivity contribution in [1.82, 2.24) is 15.5 Å². The van der Waals surface area contributed by atoms with Gasteiger partial charge >= 0.3 is 0 Å². The van der Waals surface area contributed by atoms with Crippen molar-refractivity contribution in [2.75, 3.05) is 19.6 Å². The van der Waals surface area contributed by atoms with E-state index in [1.165, 1.54) is 0 Å². The van der Waals surface area contributed by atoms with Gasteiger partial charge in [0, 0.05) is 31.1 Å². The molecule has 0 bridgehead atoms. The van der Waals surface area contributed by atoms with Gasteiger partial charge in [0.25, 0.3) is 11.8 Å². The minimum atomic E-state index is -2.80. The second-order valence-corrected chi connectivity index (χ2v) is 6.43. The summed E-state index contributed by atoms with van der Waals surface area (Å²) in [6.07, 6.45) is 0.831. The van der Waals surface area contributed by atoms with E-state index in [1.54, 1.807) is 29.2 Å². The van der Waals surface area contributed by atoms with Crippen molar-refractivity contribution in [2.45, 2.75) is 37.3 Å². The summed E-state index contributed by atoms with van der Waals surface area (Å²) in [5, 5.41) is 5.56. The molecule has 2 aliphatic heterocycles. The van der Waals surface area contributed by atoms with Crippen LogP contribution in [0.4, 0.5) is 8.78 Å². The zero-order valence-corrected chi connectivity index (χ0v) is 13.3. The molecule has 0 aromatic heterocycles. The van der Waals surface area contributed by atoms with Gasteiger partial charge in [-0.3, -0.25) is 14.9 Å². The van der Waals surface area contributed by atoms with Crippen LogP contribution in [0.25, 0.3) is 0 Å². The zero-order valence-electron chi connectivity index (χ0n) is 13.3. The molecule has 5 nitrogen and oxygen atoms in total. The third-order valence-corrected chi connectivity index (χ3v) is 4.59. The summed E-state index contributed by atoms with van der Waals surface area (Å²) in [6, 6.07) is 8.16. The van der Waals surface area contributed by atoms with Crippen LogP contribution in [0.2, 0.25) is 0 Å². The highest BCUT2D eigenvalue weighted by atomic mass is 19.3. The standard InChI is InChI=1S/C17H21F2N3O2/c18-17(19)10-14(20-11-17)16(24)22-8-6-13(7-9-22)21-15(23)12-4-2-1-3-5-12/h1-5,13-14,20H,6-11H2,(H,21,23). The predicted octanol–water partition coefficient (Wildman–Crippen LogP) is 1.40. The summed E-state index contributed by atoms with van der Waals surface area (Å²) in [4.78, 5) is 26.0. The van der Waals surface area contributed by atoms with E-state index in [0.29, 0.717) is 31.5 Å². The molecule has 130 valence electrons. The summed E-state index contributed by atoms with van der Waals surface area (Å²) in [5.41, 5.74) is 0.605. The van der Waals surface area contributed by atoms with E-state index in [2.05, 4.69) is 10.6 Å². The third-order valence-electron chi connectivity index (χ3n) is 4.59. The van der Waals surface area contributed by atoms with Gasteiger partial charge in [-0.25, -0.2) is 8.78 Å². The van der Waals surface area contributed by atoms with Gasteiger partial charge in [-0.2, -0.15) is 0 Å². The molecule has 2 saturated heterocycles. The Morgan fingerprint density at radius 1 is 1.17 bits per heavy atom. The van der Waals surface area contributed by atoms with Crippen LogP contribution in [0, 0.1) is 0 Å². The zero-order chi connectivity index (χ0) is 17.2. The third kappa shape index (κ3) is 3.90. The van der Waals surface area contributed by atoms with E-state index < -0.39 is 24.9 Å². The van der Waals surface area contributed by atoms with Crippen LogP contribution in [-0.2, 0) is 4.79 Å². The van der Waals surface area contributed by atoms with E-state index in [0.717, 1.165) is 0 Å². The van der Waals surface area contributed by atoms with Gasteiger partial charge in [0.05, 0.1) is 12.6 Å². The molecule has 1 atom stereocenters. The van der Waals surface area contributed by atoms with Crippen molar-refractivity contribution in [3.8, 4) is 0 Å². The number of amides is 2. The van der Waals surface area contributed by atoms with Crippen LogP contribution in [0.15, 0.2) is 30.3 Å². The lowest BCUT2D eigenvalue weighted by atomic mass is 10.0. The van der Waals surface area contributed by atoms with Crippen molar-refractivity contribution in [3.05, 3.63) is 35.9 Å². The average Bonchev–Trinajstić information content (AvgIpc) is 2.95. The van der Waals surface area contributed by atoms with Gasteiger partial charge in [-0.15, -0.1) is 0 Å². The smallest absolute Gasteiger partial charge is 0.262 e. The number of hydrogen-bond donors (Lipinski definition) is 2. The molecule has 2 N–H and O–H groups in total. The minimum absolute atomic E-state index is 0.000246. The molecule has 24 heavy (non-hydrogen) atoms. The summed E-state index contributed by atoms with van der Waals surface area (Å²) in [5.74, 6) is -3.19. The molecule has 2 aliphatic rings. The SMILES string of the molecule is O=C(NC1CCN(C(=O)C2CC(F)(F)CN2)CC1)c1ccccc1. The summed E-state index contributed by atoms with van der Waals surface area (Å²) >= 11 is 0. The topological polar surface area (TPSA) is 61.4 Å². The van der Waals surface area contributed by atoms with Crippen LogP contribution in [-0.4, -0.2) is 54.4 Å². The first-order valence-corrected chi connectivity index (χ1v) is 8.20. The number of alkyl halides is 2. The molecular formula is C17H21F2N3O2. The molecule has 2 heterocycles. The maximum atomic E-state index is 13.2. The van der Waals surface area contributed by atoms with Gasteiger partial charge in [0.2, 0.25) is 5.91 Å². The lowest BCUT2D eigenvalue weighted by Crippen LogP contribution is -2.50. The van der Waals surface area contributed by atoms with Gasteiger partial charge in [0.1, 0.15) is 0 Å². The Morgan fingerprint density at radius 2 is 1.83 bits per heavy atom. The normalized spacial score (nSPS) is 23.9. The van der Waals surface area contributed by atoms with E-state index in [9.17, 15) is 18.4 Å². The van der Waals surface area contributed by atoms with E-state index >= 15 is 0 Å². The van der Waals surface area contributed by atoms with Crippen molar-refractivity contribution in [1.29, 1.82) is 0 Å². The molecule has 1 aromatic carbocycles. The van der Waals surface area contributed by atoms with Gasteiger partial charge in [-0.1, -0.05) is 18.2 Å². The van der Waals surface area contributed by atoms with E-state index in [1.807, 2.05) is 6.07 Å². The molecule has 1 aromatic rings. The summed E-state index contributed by atoms with van der Waals surface area (Å²) in [7, 11) is 0. The van der Waals surface area contributed by atoms with Gasteiger partial charge < -0.3 is 10.2 Å². The summed E-state index contributed by atoms with van der Waals surface area (Å²) in [6.45, 7) is 0.512. The molecule has 2 fully saturated rings. The molecule has 0 saturated carbocycles. The Bertz CT molecular complexity index is 601. The maximum absolute atomic E-state index is 13.2. The van der Waals surface area contributed by atoms with Crippen LogP contribution >= 0.6 is 0 Å².